The van der Waals surface area contributed by atoms with Gasteiger partial charge in [-0.1, -0.05) is 0 Å². The Balaban J connectivity index is 1.92. The predicted molar refractivity (Wildman–Crippen MR) is 87.6 cm³/mol. The van der Waals surface area contributed by atoms with E-state index in [1.165, 1.54) is 0 Å². The highest BCUT2D eigenvalue weighted by Gasteiger charge is 2.22. The quantitative estimate of drug-likeness (QED) is 0.669. The second-order valence-corrected chi connectivity index (χ2v) is 5.66. The second kappa shape index (κ2) is 5.75. The van der Waals surface area contributed by atoms with Crippen LogP contribution in [-0.2, 0) is 11.8 Å². The maximum absolute atomic E-state index is 6.11. The van der Waals surface area contributed by atoms with Crippen LogP contribution in [0.3, 0.4) is 0 Å². The number of aryl methyl sites for hydroxylation is 1. The minimum atomic E-state index is 0.207. The Morgan fingerprint density at radius 3 is 2.57 bits per heavy atom. The molecule has 0 N–H and O–H groups in total. The molecular formula is C15H15ClN6O. The number of pyridine rings is 1. The number of nitrogens with zero attached hydrogens (tertiary/aromatic N) is 6. The van der Waals surface area contributed by atoms with Gasteiger partial charge >= 0.3 is 0 Å². The van der Waals surface area contributed by atoms with Crippen LogP contribution in [-0.4, -0.2) is 50.8 Å². The van der Waals surface area contributed by atoms with E-state index in [-0.39, 0.29) is 5.28 Å². The summed E-state index contributed by atoms with van der Waals surface area (Å²) >= 11 is 6.11. The van der Waals surface area contributed by atoms with Gasteiger partial charge in [-0.05, 0) is 23.7 Å². The molecule has 0 bridgehead atoms. The first-order chi connectivity index (χ1) is 11.2. The van der Waals surface area contributed by atoms with Crippen molar-refractivity contribution in [2.75, 3.05) is 31.2 Å². The zero-order chi connectivity index (χ0) is 15.8. The molecule has 0 aromatic carbocycles. The van der Waals surface area contributed by atoms with Crippen molar-refractivity contribution in [3.8, 4) is 11.4 Å². The summed E-state index contributed by atoms with van der Waals surface area (Å²) in [4.78, 5) is 19.6. The molecule has 3 aromatic rings. The third kappa shape index (κ3) is 2.51. The van der Waals surface area contributed by atoms with Crippen LogP contribution in [0.15, 0.2) is 24.5 Å². The highest BCUT2D eigenvalue weighted by Crippen LogP contribution is 2.29. The van der Waals surface area contributed by atoms with Crippen molar-refractivity contribution in [1.82, 2.24) is 24.5 Å². The molecule has 23 heavy (non-hydrogen) atoms. The summed E-state index contributed by atoms with van der Waals surface area (Å²) in [6.45, 7) is 2.91. The summed E-state index contributed by atoms with van der Waals surface area (Å²) in [6, 6.07) is 3.84. The highest BCUT2D eigenvalue weighted by atomic mass is 35.5. The molecular weight excluding hydrogens is 316 g/mol. The van der Waals surface area contributed by atoms with Crippen LogP contribution in [0.1, 0.15) is 0 Å². The number of halogens is 1. The van der Waals surface area contributed by atoms with E-state index in [1.54, 1.807) is 12.4 Å². The number of rotatable bonds is 2. The summed E-state index contributed by atoms with van der Waals surface area (Å²) in [7, 11) is 1.96. The minimum Gasteiger partial charge on any atom is -0.378 e. The molecule has 4 heterocycles. The van der Waals surface area contributed by atoms with E-state index in [0.29, 0.717) is 18.9 Å². The van der Waals surface area contributed by atoms with Gasteiger partial charge in [-0.3, -0.25) is 4.98 Å². The van der Waals surface area contributed by atoms with Gasteiger partial charge in [-0.15, -0.1) is 0 Å². The van der Waals surface area contributed by atoms with Crippen molar-refractivity contribution in [3.63, 3.8) is 0 Å². The van der Waals surface area contributed by atoms with Crippen LogP contribution in [0.2, 0.25) is 5.28 Å². The van der Waals surface area contributed by atoms with Crippen LogP contribution >= 0.6 is 11.6 Å². The monoisotopic (exact) mass is 330 g/mol. The highest BCUT2D eigenvalue weighted by molar-refractivity contribution is 6.28. The van der Waals surface area contributed by atoms with Gasteiger partial charge in [-0.25, -0.2) is 4.98 Å². The number of hydrogen-bond acceptors (Lipinski definition) is 6. The van der Waals surface area contributed by atoms with Crippen LogP contribution in [0.4, 0.5) is 5.82 Å². The second-order valence-electron chi connectivity index (χ2n) is 5.32. The molecule has 1 aliphatic rings. The number of fused-ring (bicyclic) bond motifs is 1. The number of imidazole rings is 1. The minimum absolute atomic E-state index is 0.207. The number of ether oxygens (including phenoxy) is 1. The topological polar surface area (TPSA) is 69.0 Å². The van der Waals surface area contributed by atoms with Gasteiger partial charge in [0.25, 0.3) is 0 Å². The molecule has 8 heteroatoms. The fourth-order valence-corrected chi connectivity index (χ4v) is 2.98. The number of anilines is 1. The fourth-order valence-electron chi connectivity index (χ4n) is 2.82. The zero-order valence-corrected chi connectivity index (χ0v) is 13.4. The van der Waals surface area contributed by atoms with E-state index < -0.39 is 0 Å². The van der Waals surface area contributed by atoms with E-state index in [4.69, 9.17) is 16.3 Å². The number of hydrogen-bond donors (Lipinski definition) is 0. The smallest absolute Gasteiger partial charge is 0.226 e. The molecule has 7 nitrogen and oxygen atoms in total. The lowest BCUT2D eigenvalue weighted by molar-refractivity contribution is 0.122. The summed E-state index contributed by atoms with van der Waals surface area (Å²) < 4.78 is 7.43. The van der Waals surface area contributed by atoms with Gasteiger partial charge in [0.2, 0.25) is 5.28 Å². The average Bonchev–Trinajstić information content (AvgIpc) is 2.92. The predicted octanol–water partition coefficient (Wildman–Crippen LogP) is 1.92. The maximum atomic E-state index is 6.11. The van der Waals surface area contributed by atoms with Gasteiger partial charge in [0, 0.05) is 38.1 Å². The Hall–Kier alpha value is -2.25. The standard InChI is InChI=1S/C15H15ClN6O/c1-21-11-12(18-13(21)10-2-4-17-5-3-10)19-15(16)20-14(11)22-6-8-23-9-7-22/h2-5H,6-9H2,1H3. The van der Waals surface area contributed by atoms with Crippen LogP contribution < -0.4 is 4.90 Å². The van der Waals surface area contributed by atoms with Crippen molar-refractivity contribution >= 4 is 28.6 Å². The Bertz CT molecular complexity index is 844. The lowest BCUT2D eigenvalue weighted by Gasteiger charge is -2.28. The molecule has 0 aliphatic carbocycles. The van der Waals surface area contributed by atoms with Crippen molar-refractivity contribution in [1.29, 1.82) is 0 Å². The summed E-state index contributed by atoms with van der Waals surface area (Å²) in [5.41, 5.74) is 2.45. The van der Waals surface area contributed by atoms with Crippen LogP contribution in [0.5, 0.6) is 0 Å². The van der Waals surface area contributed by atoms with Gasteiger partial charge in [0.1, 0.15) is 11.3 Å². The number of aromatic nitrogens is 5. The van der Waals surface area contributed by atoms with Crippen molar-refractivity contribution in [3.05, 3.63) is 29.8 Å². The lowest BCUT2D eigenvalue weighted by Crippen LogP contribution is -2.37. The SMILES string of the molecule is Cn1c(-c2ccncc2)nc2nc(Cl)nc(N3CCOCC3)c21. The van der Waals surface area contributed by atoms with E-state index in [1.807, 2.05) is 23.7 Å². The Morgan fingerprint density at radius 1 is 1.09 bits per heavy atom. The first-order valence-corrected chi connectivity index (χ1v) is 7.75. The first kappa shape index (κ1) is 14.3. The van der Waals surface area contributed by atoms with Gasteiger partial charge < -0.3 is 14.2 Å². The molecule has 1 fully saturated rings. The largest absolute Gasteiger partial charge is 0.378 e. The Morgan fingerprint density at radius 2 is 1.83 bits per heavy atom. The van der Waals surface area contributed by atoms with Crippen molar-refractivity contribution < 1.29 is 4.74 Å². The molecule has 0 radical (unpaired) electrons. The summed E-state index contributed by atoms with van der Waals surface area (Å²) in [5.74, 6) is 1.62. The Kier molecular flexibility index (Phi) is 3.59. The molecule has 0 unspecified atom stereocenters. The molecule has 0 saturated carbocycles. The van der Waals surface area contributed by atoms with Crippen LogP contribution in [0, 0.1) is 0 Å². The van der Waals surface area contributed by atoms with Crippen LogP contribution in [0.25, 0.3) is 22.6 Å². The fraction of sp³-hybridized carbons (Fsp3) is 0.333. The normalized spacial score (nSPS) is 15.3. The van der Waals surface area contributed by atoms with E-state index in [0.717, 1.165) is 35.8 Å². The molecule has 0 atom stereocenters. The summed E-state index contributed by atoms with van der Waals surface area (Å²) in [5, 5.41) is 0.207. The molecule has 0 amide bonds. The maximum Gasteiger partial charge on any atom is 0.226 e. The van der Waals surface area contributed by atoms with Gasteiger partial charge in [0.05, 0.1) is 13.2 Å². The molecule has 4 rings (SSSR count). The van der Waals surface area contributed by atoms with Gasteiger partial charge in [0.15, 0.2) is 11.5 Å². The zero-order valence-electron chi connectivity index (χ0n) is 12.6. The molecule has 0 spiro atoms. The van der Waals surface area contributed by atoms with E-state index in [2.05, 4.69) is 24.8 Å². The third-order valence-corrected chi connectivity index (χ3v) is 4.10. The van der Waals surface area contributed by atoms with Gasteiger partial charge in [-0.2, -0.15) is 9.97 Å². The number of morpholine rings is 1. The Labute approximate surface area is 137 Å². The molecule has 1 aliphatic heterocycles. The average molecular weight is 331 g/mol. The third-order valence-electron chi connectivity index (χ3n) is 3.93. The van der Waals surface area contributed by atoms with E-state index >= 15 is 0 Å². The summed E-state index contributed by atoms with van der Waals surface area (Å²) in [6.07, 6.45) is 3.49. The molecule has 1 saturated heterocycles. The molecule has 118 valence electrons. The molecule has 3 aromatic heterocycles. The van der Waals surface area contributed by atoms with E-state index in [9.17, 15) is 0 Å². The first-order valence-electron chi connectivity index (χ1n) is 7.37. The lowest BCUT2D eigenvalue weighted by atomic mass is 10.2. The van der Waals surface area contributed by atoms with Crippen molar-refractivity contribution in [2.24, 2.45) is 7.05 Å². The van der Waals surface area contributed by atoms with Crippen molar-refractivity contribution in [2.45, 2.75) is 0 Å².